The molecule has 1 aromatic carbocycles. The molecule has 178 valence electrons. The Morgan fingerprint density at radius 3 is 2.53 bits per heavy atom. The fraction of sp³-hybridized carbons (Fsp3) is 0.385. The summed E-state index contributed by atoms with van der Waals surface area (Å²) in [7, 11) is 0. The normalized spacial score (nSPS) is 16.2. The molecule has 2 aromatic heterocycles. The fourth-order valence-electron chi connectivity index (χ4n) is 4.01. The van der Waals surface area contributed by atoms with Gasteiger partial charge in [-0.05, 0) is 37.1 Å². The van der Waals surface area contributed by atoms with Gasteiger partial charge in [0, 0.05) is 37.7 Å². The average Bonchev–Trinajstić information content (AvgIpc) is 3.31. The molecule has 0 saturated carbocycles. The second-order valence-corrected chi connectivity index (χ2v) is 9.96. The van der Waals surface area contributed by atoms with Crippen molar-refractivity contribution < 1.29 is 14.0 Å². The van der Waals surface area contributed by atoms with Crippen LogP contribution in [0.2, 0.25) is 0 Å². The lowest BCUT2D eigenvalue weighted by atomic mass is 10.1. The largest absolute Gasteiger partial charge is 0.455 e. The molecule has 0 radical (unpaired) electrons. The fourth-order valence-corrected chi connectivity index (χ4v) is 4.72. The van der Waals surface area contributed by atoms with Gasteiger partial charge in [-0.1, -0.05) is 55.9 Å². The number of carbonyl (C=O) groups excluding carboxylic acids is 2. The van der Waals surface area contributed by atoms with Gasteiger partial charge < -0.3 is 14.2 Å². The monoisotopic (exact) mass is 478 g/mol. The van der Waals surface area contributed by atoms with Crippen LogP contribution in [-0.2, 0) is 10.5 Å². The van der Waals surface area contributed by atoms with Crippen LogP contribution in [0.4, 0.5) is 0 Å². The Labute approximate surface area is 204 Å². The number of piperazine rings is 1. The molecule has 0 aliphatic carbocycles. The van der Waals surface area contributed by atoms with Gasteiger partial charge in [0.05, 0.1) is 11.4 Å². The number of aromatic nitrogens is 2. The molecule has 7 nitrogen and oxygen atoms in total. The molecular formula is C26H30N4O3S. The summed E-state index contributed by atoms with van der Waals surface area (Å²) >= 11 is 1.51. The van der Waals surface area contributed by atoms with E-state index in [1.165, 1.54) is 11.8 Å². The standard InChI is InChI=1S/C26H30N4O3S/c1-18(2)15-25(31)30-14-13-29(16-19(30)3)26(32)23-11-9-21(33-23)17-34-24-12-10-22(27-28-24)20-7-5-4-6-8-20/h4-12,18-19H,13-17H2,1-3H3. The molecule has 1 aliphatic heterocycles. The average molecular weight is 479 g/mol. The van der Waals surface area contributed by atoms with Crippen molar-refractivity contribution in [2.75, 3.05) is 19.6 Å². The highest BCUT2D eigenvalue weighted by Gasteiger charge is 2.31. The van der Waals surface area contributed by atoms with E-state index in [2.05, 4.69) is 10.2 Å². The van der Waals surface area contributed by atoms with E-state index in [-0.39, 0.29) is 17.9 Å². The van der Waals surface area contributed by atoms with Gasteiger partial charge in [-0.25, -0.2) is 0 Å². The summed E-state index contributed by atoms with van der Waals surface area (Å²) in [6, 6.07) is 17.4. The van der Waals surface area contributed by atoms with Crippen molar-refractivity contribution in [2.45, 2.75) is 44.0 Å². The van der Waals surface area contributed by atoms with E-state index in [1.807, 2.05) is 74.2 Å². The molecule has 0 spiro atoms. The van der Waals surface area contributed by atoms with E-state index in [4.69, 9.17) is 4.42 Å². The van der Waals surface area contributed by atoms with Gasteiger partial charge in [-0.3, -0.25) is 9.59 Å². The zero-order valence-corrected chi connectivity index (χ0v) is 20.6. The van der Waals surface area contributed by atoms with Gasteiger partial charge in [0.15, 0.2) is 5.76 Å². The summed E-state index contributed by atoms with van der Waals surface area (Å²) in [5.74, 6) is 1.95. The van der Waals surface area contributed by atoms with Gasteiger partial charge in [0.25, 0.3) is 5.91 Å². The first kappa shape index (κ1) is 24.0. The number of benzene rings is 1. The number of amides is 2. The highest BCUT2D eigenvalue weighted by atomic mass is 32.2. The molecule has 3 aromatic rings. The van der Waals surface area contributed by atoms with Crippen molar-refractivity contribution in [3.05, 3.63) is 66.1 Å². The summed E-state index contributed by atoms with van der Waals surface area (Å²) in [5, 5.41) is 9.40. The minimum Gasteiger partial charge on any atom is -0.455 e. The molecule has 0 N–H and O–H groups in total. The van der Waals surface area contributed by atoms with Crippen LogP contribution in [0.5, 0.6) is 0 Å². The molecule has 3 heterocycles. The van der Waals surface area contributed by atoms with Crippen molar-refractivity contribution >= 4 is 23.6 Å². The number of hydrogen-bond acceptors (Lipinski definition) is 6. The summed E-state index contributed by atoms with van der Waals surface area (Å²) in [6.07, 6.45) is 0.539. The SMILES string of the molecule is CC(C)CC(=O)N1CCN(C(=O)c2ccc(CSc3ccc(-c4ccccc4)nn3)o2)CC1C. The Balaban J connectivity index is 1.30. The Morgan fingerprint density at radius 1 is 1.06 bits per heavy atom. The Kier molecular flexibility index (Phi) is 7.67. The lowest BCUT2D eigenvalue weighted by molar-refractivity contribution is -0.136. The molecule has 1 aliphatic rings. The summed E-state index contributed by atoms with van der Waals surface area (Å²) in [5.41, 5.74) is 1.86. The first-order valence-electron chi connectivity index (χ1n) is 11.6. The lowest BCUT2D eigenvalue weighted by Gasteiger charge is -2.39. The topological polar surface area (TPSA) is 79.5 Å². The van der Waals surface area contributed by atoms with Crippen LogP contribution in [0.15, 0.2) is 64.0 Å². The minimum atomic E-state index is -0.133. The van der Waals surface area contributed by atoms with Gasteiger partial charge in [0.1, 0.15) is 10.8 Å². The molecule has 0 bridgehead atoms. The van der Waals surface area contributed by atoms with Crippen LogP contribution in [0.3, 0.4) is 0 Å². The third-order valence-electron chi connectivity index (χ3n) is 5.76. The van der Waals surface area contributed by atoms with Crippen molar-refractivity contribution in [2.24, 2.45) is 5.92 Å². The van der Waals surface area contributed by atoms with Crippen molar-refractivity contribution in [1.29, 1.82) is 0 Å². The predicted octanol–water partition coefficient (Wildman–Crippen LogP) is 4.75. The maximum atomic E-state index is 13.0. The maximum Gasteiger partial charge on any atom is 0.289 e. The first-order valence-corrected chi connectivity index (χ1v) is 12.6. The molecule has 4 rings (SSSR count). The van der Waals surface area contributed by atoms with Crippen LogP contribution < -0.4 is 0 Å². The highest BCUT2D eigenvalue weighted by Crippen LogP contribution is 2.24. The maximum absolute atomic E-state index is 13.0. The van der Waals surface area contributed by atoms with Crippen molar-refractivity contribution in [1.82, 2.24) is 20.0 Å². The zero-order valence-electron chi connectivity index (χ0n) is 19.8. The molecule has 1 unspecified atom stereocenters. The van der Waals surface area contributed by atoms with Crippen LogP contribution >= 0.6 is 11.8 Å². The number of carbonyl (C=O) groups is 2. The number of nitrogens with zero attached hydrogens (tertiary/aromatic N) is 4. The Hall–Kier alpha value is -3.13. The zero-order chi connectivity index (χ0) is 24.1. The van der Waals surface area contributed by atoms with Crippen molar-refractivity contribution in [3.63, 3.8) is 0 Å². The first-order chi connectivity index (χ1) is 16.4. The molecule has 1 saturated heterocycles. The highest BCUT2D eigenvalue weighted by molar-refractivity contribution is 7.98. The van der Waals surface area contributed by atoms with Crippen LogP contribution in [-0.4, -0.2) is 57.5 Å². The van der Waals surface area contributed by atoms with E-state index in [0.717, 1.165) is 16.3 Å². The molecule has 34 heavy (non-hydrogen) atoms. The Bertz CT molecular complexity index is 1110. The minimum absolute atomic E-state index is 0.00799. The van der Waals surface area contributed by atoms with E-state index in [0.29, 0.717) is 49.2 Å². The van der Waals surface area contributed by atoms with E-state index in [1.54, 1.807) is 11.0 Å². The molecular weight excluding hydrogens is 448 g/mol. The third kappa shape index (κ3) is 5.86. The second kappa shape index (κ2) is 10.9. The number of furan rings is 1. The number of thioether (sulfide) groups is 1. The van der Waals surface area contributed by atoms with Crippen molar-refractivity contribution in [3.8, 4) is 11.3 Å². The Morgan fingerprint density at radius 2 is 1.85 bits per heavy atom. The number of rotatable bonds is 7. The second-order valence-electron chi connectivity index (χ2n) is 8.96. The summed E-state index contributed by atoms with van der Waals surface area (Å²) in [6.45, 7) is 7.66. The number of hydrogen-bond donors (Lipinski definition) is 0. The van der Waals surface area contributed by atoms with Crippen LogP contribution in [0.25, 0.3) is 11.3 Å². The predicted molar refractivity (Wildman–Crippen MR) is 132 cm³/mol. The van der Waals surface area contributed by atoms with Gasteiger partial charge in [-0.2, -0.15) is 0 Å². The lowest BCUT2D eigenvalue weighted by Crippen LogP contribution is -2.55. The third-order valence-corrected chi connectivity index (χ3v) is 6.70. The molecule has 8 heteroatoms. The smallest absolute Gasteiger partial charge is 0.289 e. The van der Waals surface area contributed by atoms with Gasteiger partial charge in [-0.15, -0.1) is 10.2 Å². The quantitative estimate of drug-likeness (QED) is 0.456. The van der Waals surface area contributed by atoms with E-state index in [9.17, 15) is 9.59 Å². The van der Waals surface area contributed by atoms with Crippen LogP contribution in [0, 0.1) is 5.92 Å². The summed E-state index contributed by atoms with van der Waals surface area (Å²) in [4.78, 5) is 29.1. The van der Waals surface area contributed by atoms with Crippen LogP contribution in [0.1, 0.15) is 43.5 Å². The molecule has 1 fully saturated rings. The van der Waals surface area contributed by atoms with Gasteiger partial charge in [0.2, 0.25) is 5.91 Å². The molecule has 2 amide bonds. The molecule has 1 atom stereocenters. The summed E-state index contributed by atoms with van der Waals surface area (Å²) < 4.78 is 5.83. The van der Waals surface area contributed by atoms with E-state index >= 15 is 0 Å². The van der Waals surface area contributed by atoms with Gasteiger partial charge >= 0.3 is 0 Å². The van der Waals surface area contributed by atoms with E-state index < -0.39 is 0 Å².